The third-order valence-electron chi connectivity index (χ3n) is 5.43. The van der Waals surface area contributed by atoms with Gasteiger partial charge in [-0.15, -0.1) is 0 Å². The number of hydrogen-bond acceptors (Lipinski definition) is 5. The Bertz CT molecular complexity index is 720. The number of fused-ring (bicyclic) bond motifs is 1. The summed E-state index contributed by atoms with van der Waals surface area (Å²) in [4.78, 5) is 11.6. The number of likely N-dealkylation sites (tertiary alicyclic amines) is 1. The SMILES string of the molecule is CNc1nc(C)cc(N[C@H]2CCCN(C3Cc4ccccc4C3)C2)n1. The zero-order chi connectivity index (χ0) is 17.2. The summed E-state index contributed by atoms with van der Waals surface area (Å²) in [5.41, 5.74) is 4.06. The van der Waals surface area contributed by atoms with Crippen molar-refractivity contribution in [1.82, 2.24) is 14.9 Å². The van der Waals surface area contributed by atoms with E-state index in [4.69, 9.17) is 0 Å². The van der Waals surface area contributed by atoms with Gasteiger partial charge in [0, 0.05) is 37.4 Å². The minimum absolute atomic E-state index is 0.455. The summed E-state index contributed by atoms with van der Waals surface area (Å²) in [5, 5.41) is 6.67. The van der Waals surface area contributed by atoms with Crippen LogP contribution in [0.1, 0.15) is 29.7 Å². The number of nitrogens with zero attached hydrogens (tertiary/aromatic N) is 3. The van der Waals surface area contributed by atoms with Gasteiger partial charge in [0.2, 0.25) is 5.95 Å². The van der Waals surface area contributed by atoms with Crippen LogP contribution in [0.25, 0.3) is 0 Å². The summed E-state index contributed by atoms with van der Waals surface area (Å²) < 4.78 is 0. The Kier molecular flexibility index (Phi) is 4.57. The van der Waals surface area contributed by atoms with Crippen LogP contribution < -0.4 is 10.6 Å². The highest BCUT2D eigenvalue weighted by molar-refractivity contribution is 5.43. The first-order valence-corrected chi connectivity index (χ1v) is 9.32. The van der Waals surface area contributed by atoms with E-state index in [1.165, 1.54) is 43.4 Å². The molecule has 2 N–H and O–H groups in total. The van der Waals surface area contributed by atoms with Gasteiger partial charge in [0.25, 0.3) is 0 Å². The van der Waals surface area contributed by atoms with E-state index in [1.54, 1.807) is 0 Å². The van der Waals surface area contributed by atoms with Crippen LogP contribution in [0.5, 0.6) is 0 Å². The Balaban J connectivity index is 1.41. The van der Waals surface area contributed by atoms with E-state index in [-0.39, 0.29) is 0 Å². The zero-order valence-corrected chi connectivity index (χ0v) is 15.1. The Hall–Kier alpha value is -2.14. The molecule has 0 saturated carbocycles. The standard InChI is InChI=1S/C20H27N5/c1-14-10-19(24-20(21-2)22-14)23-17-8-5-9-25(13-17)18-11-15-6-3-4-7-16(15)12-18/h3-4,6-7,10,17-18H,5,8-9,11-13H2,1-2H3,(H2,21,22,23,24)/t17-/m0/s1. The van der Waals surface area contributed by atoms with E-state index >= 15 is 0 Å². The van der Waals surface area contributed by atoms with E-state index in [0.29, 0.717) is 18.0 Å². The summed E-state index contributed by atoms with van der Waals surface area (Å²) in [7, 11) is 1.86. The summed E-state index contributed by atoms with van der Waals surface area (Å²) in [5.74, 6) is 1.61. The van der Waals surface area contributed by atoms with Crippen molar-refractivity contribution < 1.29 is 0 Å². The minimum atomic E-state index is 0.455. The topological polar surface area (TPSA) is 53.1 Å². The maximum atomic E-state index is 4.55. The van der Waals surface area contributed by atoms with Crippen molar-refractivity contribution in [3.63, 3.8) is 0 Å². The number of aryl methyl sites for hydroxylation is 1. The average molecular weight is 337 g/mol. The number of aromatic nitrogens is 2. The second kappa shape index (κ2) is 7.00. The molecule has 25 heavy (non-hydrogen) atoms. The smallest absolute Gasteiger partial charge is 0.224 e. The number of piperidine rings is 1. The molecule has 1 aromatic heterocycles. The Labute approximate surface area is 149 Å². The van der Waals surface area contributed by atoms with E-state index < -0.39 is 0 Å². The number of hydrogen-bond donors (Lipinski definition) is 2. The third kappa shape index (κ3) is 3.61. The lowest BCUT2D eigenvalue weighted by Crippen LogP contribution is -2.47. The normalized spacial score (nSPS) is 21.1. The van der Waals surface area contributed by atoms with Gasteiger partial charge in [-0.3, -0.25) is 4.90 Å². The van der Waals surface area contributed by atoms with Crippen molar-refractivity contribution in [2.75, 3.05) is 30.8 Å². The van der Waals surface area contributed by atoms with E-state index in [1.807, 2.05) is 20.0 Å². The molecular formula is C20H27N5. The van der Waals surface area contributed by atoms with Crippen LogP contribution in [0.2, 0.25) is 0 Å². The summed E-state index contributed by atoms with van der Waals surface area (Å²) in [6.45, 7) is 4.31. The van der Waals surface area contributed by atoms with Crippen molar-refractivity contribution in [3.05, 3.63) is 47.2 Å². The lowest BCUT2D eigenvalue weighted by molar-refractivity contribution is 0.158. The highest BCUT2D eigenvalue weighted by atomic mass is 15.2. The molecule has 5 heteroatoms. The van der Waals surface area contributed by atoms with Crippen molar-refractivity contribution in [2.45, 2.75) is 44.7 Å². The van der Waals surface area contributed by atoms with Crippen LogP contribution >= 0.6 is 0 Å². The van der Waals surface area contributed by atoms with Crippen LogP contribution in [-0.4, -0.2) is 47.1 Å². The fourth-order valence-electron chi connectivity index (χ4n) is 4.21. The fourth-order valence-corrected chi connectivity index (χ4v) is 4.21. The van der Waals surface area contributed by atoms with Gasteiger partial charge in [0.15, 0.2) is 0 Å². The molecule has 5 nitrogen and oxygen atoms in total. The number of nitrogens with one attached hydrogen (secondary N) is 2. The molecule has 0 spiro atoms. The predicted octanol–water partition coefficient (Wildman–Crippen LogP) is 2.87. The first kappa shape index (κ1) is 16.3. The Morgan fingerprint density at radius 3 is 2.60 bits per heavy atom. The lowest BCUT2D eigenvalue weighted by Gasteiger charge is -2.37. The first-order chi connectivity index (χ1) is 12.2. The second-order valence-corrected chi connectivity index (χ2v) is 7.28. The molecule has 2 aliphatic rings. The van der Waals surface area contributed by atoms with Gasteiger partial charge >= 0.3 is 0 Å². The molecular weight excluding hydrogens is 310 g/mol. The molecule has 132 valence electrons. The van der Waals surface area contributed by atoms with Crippen LogP contribution in [0.15, 0.2) is 30.3 Å². The quantitative estimate of drug-likeness (QED) is 0.898. The van der Waals surface area contributed by atoms with Gasteiger partial charge in [-0.1, -0.05) is 24.3 Å². The fraction of sp³-hybridized carbons (Fsp3) is 0.500. The molecule has 1 aromatic carbocycles. The molecule has 1 aliphatic carbocycles. The van der Waals surface area contributed by atoms with Gasteiger partial charge in [-0.2, -0.15) is 4.98 Å². The predicted molar refractivity (Wildman–Crippen MR) is 102 cm³/mol. The number of benzene rings is 1. The summed E-state index contributed by atoms with van der Waals surface area (Å²) >= 11 is 0. The highest BCUT2D eigenvalue weighted by Gasteiger charge is 2.30. The first-order valence-electron chi connectivity index (χ1n) is 9.32. The Morgan fingerprint density at radius 2 is 1.88 bits per heavy atom. The minimum Gasteiger partial charge on any atom is -0.366 e. The Morgan fingerprint density at radius 1 is 1.12 bits per heavy atom. The molecule has 4 rings (SSSR count). The van der Waals surface area contributed by atoms with Gasteiger partial charge in [0.05, 0.1) is 0 Å². The maximum absolute atomic E-state index is 4.55. The number of rotatable bonds is 4. The summed E-state index contributed by atoms with van der Waals surface area (Å²) in [6.07, 6.45) is 4.83. The summed E-state index contributed by atoms with van der Waals surface area (Å²) in [6, 6.07) is 12.1. The van der Waals surface area contributed by atoms with Gasteiger partial charge in [0.1, 0.15) is 5.82 Å². The molecule has 1 fully saturated rings. The maximum Gasteiger partial charge on any atom is 0.224 e. The van der Waals surface area contributed by atoms with Crippen molar-refractivity contribution in [1.29, 1.82) is 0 Å². The molecule has 1 saturated heterocycles. The number of anilines is 2. The molecule has 0 bridgehead atoms. The molecule has 2 aromatic rings. The van der Waals surface area contributed by atoms with E-state index in [2.05, 4.69) is 49.8 Å². The molecule has 0 unspecified atom stereocenters. The van der Waals surface area contributed by atoms with E-state index in [9.17, 15) is 0 Å². The molecule has 1 atom stereocenters. The highest BCUT2D eigenvalue weighted by Crippen LogP contribution is 2.28. The van der Waals surface area contributed by atoms with E-state index in [0.717, 1.165) is 18.1 Å². The molecule has 2 heterocycles. The van der Waals surface area contributed by atoms with Crippen molar-refractivity contribution in [2.24, 2.45) is 0 Å². The van der Waals surface area contributed by atoms with Gasteiger partial charge in [-0.25, -0.2) is 4.98 Å². The van der Waals surface area contributed by atoms with Crippen LogP contribution in [0.3, 0.4) is 0 Å². The van der Waals surface area contributed by atoms with Gasteiger partial charge in [-0.05, 0) is 50.3 Å². The van der Waals surface area contributed by atoms with Crippen LogP contribution in [-0.2, 0) is 12.8 Å². The largest absolute Gasteiger partial charge is 0.366 e. The van der Waals surface area contributed by atoms with Crippen LogP contribution in [0, 0.1) is 6.92 Å². The van der Waals surface area contributed by atoms with Gasteiger partial charge < -0.3 is 10.6 Å². The monoisotopic (exact) mass is 337 g/mol. The molecule has 0 amide bonds. The van der Waals surface area contributed by atoms with Crippen molar-refractivity contribution in [3.8, 4) is 0 Å². The second-order valence-electron chi connectivity index (χ2n) is 7.28. The zero-order valence-electron chi connectivity index (χ0n) is 15.1. The molecule has 0 radical (unpaired) electrons. The third-order valence-corrected chi connectivity index (χ3v) is 5.43. The average Bonchev–Trinajstić information content (AvgIpc) is 3.05. The molecule has 1 aliphatic heterocycles. The van der Waals surface area contributed by atoms with Crippen LogP contribution in [0.4, 0.5) is 11.8 Å². The lowest BCUT2D eigenvalue weighted by atomic mass is 10.0. The van der Waals surface area contributed by atoms with Crippen molar-refractivity contribution >= 4 is 11.8 Å².